The largest absolute Gasteiger partial charge is 0.353 e. The summed E-state index contributed by atoms with van der Waals surface area (Å²) in [7, 11) is 0. The van der Waals surface area contributed by atoms with Gasteiger partial charge in [-0.2, -0.15) is 5.21 Å². The van der Waals surface area contributed by atoms with Crippen LogP contribution in [-0.4, -0.2) is 40.9 Å². The smallest absolute Gasteiger partial charge is 0.274 e. The zero-order valence-electron chi connectivity index (χ0n) is 19.7. The number of rotatable bonds is 9. The number of hydrogen-bond acceptors (Lipinski definition) is 6. The van der Waals surface area contributed by atoms with Gasteiger partial charge in [-0.15, -0.1) is 20.0 Å². The third-order valence-corrected chi connectivity index (χ3v) is 5.63. The van der Waals surface area contributed by atoms with Crippen molar-refractivity contribution in [3.63, 3.8) is 0 Å². The number of unbranched alkanes of at least 4 members (excludes halogenated alkanes) is 1. The molecule has 176 valence electrons. The first kappa shape index (κ1) is 23.3. The van der Waals surface area contributed by atoms with Crippen LogP contribution in [0.5, 0.6) is 0 Å². The van der Waals surface area contributed by atoms with Crippen LogP contribution in [0.25, 0.3) is 22.5 Å². The van der Waals surface area contributed by atoms with Crippen LogP contribution in [0.15, 0.2) is 53.3 Å². The Balaban J connectivity index is 1.62. The number of tetrazole rings is 1. The standard InChI is InChI=1S/C25H29N7O2/c1-4-5-10-23(33)32-25(34)31(22(28-32)15-17(2)3)16-18-11-13-19(14-12-18)20-8-6-7-9-21(20)24-26-29-30-27-24/h6-9,11-14,17H,4-5,10,15-16H2,1-3H3,(H,26,27,29,30). The van der Waals surface area contributed by atoms with Crippen LogP contribution >= 0.6 is 0 Å². The van der Waals surface area contributed by atoms with Crippen LogP contribution in [0, 0.1) is 5.92 Å². The van der Waals surface area contributed by atoms with Gasteiger partial charge in [0, 0.05) is 18.4 Å². The van der Waals surface area contributed by atoms with E-state index in [2.05, 4.69) is 39.6 Å². The number of nitrogens with one attached hydrogen (secondary N) is 1. The number of carbonyl (C=O) groups is 1. The molecule has 0 atom stereocenters. The Morgan fingerprint density at radius 2 is 1.79 bits per heavy atom. The molecule has 2 aromatic heterocycles. The second-order valence-corrected chi connectivity index (χ2v) is 8.77. The van der Waals surface area contributed by atoms with E-state index in [0.717, 1.165) is 39.8 Å². The maximum Gasteiger partial charge on any atom is 0.353 e. The van der Waals surface area contributed by atoms with Crippen molar-refractivity contribution >= 4 is 5.91 Å². The molecule has 0 radical (unpaired) electrons. The lowest BCUT2D eigenvalue weighted by atomic mass is 9.98. The van der Waals surface area contributed by atoms with E-state index in [0.29, 0.717) is 37.0 Å². The van der Waals surface area contributed by atoms with E-state index in [4.69, 9.17) is 0 Å². The Hall–Kier alpha value is -3.88. The summed E-state index contributed by atoms with van der Waals surface area (Å²) >= 11 is 0. The van der Waals surface area contributed by atoms with E-state index in [1.54, 1.807) is 4.57 Å². The highest BCUT2D eigenvalue weighted by atomic mass is 16.2. The van der Waals surface area contributed by atoms with E-state index in [1.165, 1.54) is 0 Å². The Morgan fingerprint density at radius 3 is 2.44 bits per heavy atom. The Labute approximate surface area is 197 Å². The zero-order chi connectivity index (χ0) is 24.1. The summed E-state index contributed by atoms with van der Waals surface area (Å²) < 4.78 is 2.66. The number of aromatic amines is 1. The Morgan fingerprint density at radius 1 is 1.06 bits per heavy atom. The molecule has 0 aliphatic heterocycles. The summed E-state index contributed by atoms with van der Waals surface area (Å²) in [5, 5.41) is 18.8. The van der Waals surface area contributed by atoms with Crippen molar-refractivity contribution in [2.45, 2.75) is 53.0 Å². The average Bonchev–Trinajstić information content (AvgIpc) is 3.47. The first-order chi connectivity index (χ1) is 16.5. The molecule has 0 amide bonds. The topological polar surface area (TPSA) is 111 Å². The van der Waals surface area contributed by atoms with Crippen molar-refractivity contribution in [3.8, 4) is 22.5 Å². The lowest BCUT2D eigenvalue weighted by Crippen LogP contribution is -2.30. The quantitative estimate of drug-likeness (QED) is 0.405. The molecule has 2 aromatic carbocycles. The summed E-state index contributed by atoms with van der Waals surface area (Å²) in [5.74, 6) is 1.23. The van der Waals surface area contributed by atoms with Crippen LogP contribution in [0.3, 0.4) is 0 Å². The minimum atomic E-state index is -0.372. The van der Waals surface area contributed by atoms with Gasteiger partial charge in [-0.05, 0) is 34.2 Å². The summed E-state index contributed by atoms with van der Waals surface area (Å²) in [5.41, 5.74) is 3.45. The minimum absolute atomic E-state index is 0.246. The van der Waals surface area contributed by atoms with Crippen molar-refractivity contribution in [2.24, 2.45) is 5.92 Å². The van der Waals surface area contributed by atoms with Gasteiger partial charge in [0.1, 0.15) is 5.82 Å². The number of carbonyl (C=O) groups excluding carboxylic acids is 1. The summed E-state index contributed by atoms with van der Waals surface area (Å²) in [6, 6.07) is 15.9. The second kappa shape index (κ2) is 10.4. The van der Waals surface area contributed by atoms with Crippen molar-refractivity contribution < 1.29 is 4.79 Å². The average molecular weight is 460 g/mol. The van der Waals surface area contributed by atoms with E-state index in [1.807, 2.05) is 55.5 Å². The van der Waals surface area contributed by atoms with Crippen LogP contribution in [-0.2, 0) is 13.0 Å². The Bertz CT molecular complexity index is 1300. The van der Waals surface area contributed by atoms with Gasteiger partial charge in [0.05, 0.1) is 6.54 Å². The summed E-state index contributed by atoms with van der Waals surface area (Å²) in [6.45, 7) is 6.52. The molecule has 9 nitrogen and oxygen atoms in total. The molecular weight excluding hydrogens is 430 g/mol. The molecular formula is C25H29N7O2. The number of aromatic nitrogens is 7. The SMILES string of the molecule is CCCCC(=O)n1nc(CC(C)C)n(Cc2ccc(-c3ccccc3-c3nn[nH]n3)cc2)c1=O. The molecule has 4 aromatic rings. The van der Waals surface area contributed by atoms with Gasteiger partial charge in [0.15, 0.2) is 0 Å². The first-order valence-corrected chi connectivity index (χ1v) is 11.6. The van der Waals surface area contributed by atoms with Crippen LogP contribution in [0.4, 0.5) is 0 Å². The molecule has 0 bridgehead atoms. The van der Waals surface area contributed by atoms with Gasteiger partial charge >= 0.3 is 5.69 Å². The van der Waals surface area contributed by atoms with Gasteiger partial charge in [-0.3, -0.25) is 9.36 Å². The molecule has 1 N–H and O–H groups in total. The van der Waals surface area contributed by atoms with Gasteiger partial charge in [-0.25, -0.2) is 4.79 Å². The predicted molar refractivity (Wildman–Crippen MR) is 129 cm³/mol. The molecule has 0 aliphatic carbocycles. The van der Waals surface area contributed by atoms with Crippen molar-refractivity contribution in [1.29, 1.82) is 0 Å². The third kappa shape index (κ3) is 5.03. The van der Waals surface area contributed by atoms with Crippen LogP contribution in [0.2, 0.25) is 0 Å². The number of nitrogens with zero attached hydrogens (tertiary/aromatic N) is 6. The molecule has 0 aliphatic rings. The van der Waals surface area contributed by atoms with Crippen LogP contribution < -0.4 is 5.69 Å². The third-order valence-electron chi connectivity index (χ3n) is 5.63. The molecule has 0 saturated heterocycles. The Kier molecular flexibility index (Phi) is 7.10. The maximum atomic E-state index is 13.1. The summed E-state index contributed by atoms with van der Waals surface area (Å²) in [4.78, 5) is 25.6. The highest BCUT2D eigenvalue weighted by Crippen LogP contribution is 2.29. The molecule has 0 fully saturated rings. The molecule has 4 rings (SSSR count). The number of benzene rings is 2. The van der Waals surface area contributed by atoms with Crippen molar-refractivity contribution in [2.75, 3.05) is 0 Å². The molecule has 34 heavy (non-hydrogen) atoms. The molecule has 0 spiro atoms. The molecule has 0 saturated carbocycles. The van der Waals surface area contributed by atoms with E-state index in [9.17, 15) is 9.59 Å². The highest BCUT2D eigenvalue weighted by molar-refractivity contribution is 5.80. The fourth-order valence-corrected chi connectivity index (χ4v) is 3.89. The lowest BCUT2D eigenvalue weighted by molar-refractivity contribution is 0.0878. The van der Waals surface area contributed by atoms with Gasteiger partial charge in [0.2, 0.25) is 5.82 Å². The van der Waals surface area contributed by atoms with Gasteiger partial charge < -0.3 is 0 Å². The van der Waals surface area contributed by atoms with E-state index < -0.39 is 0 Å². The van der Waals surface area contributed by atoms with Crippen molar-refractivity contribution in [3.05, 3.63) is 70.4 Å². The molecule has 0 unspecified atom stereocenters. The monoisotopic (exact) mass is 459 g/mol. The van der Waals surface area contributed by atoms with E-state index in [-0.39, 0.29) is 11.6 Å². The van der Waals surface area contributed by atoms with E-state index >= 15 is 0 Å². The normalized spacial score (nSPS) is 11.3. The molecule has 9 heteroatoms. The minimum Gasteiger partial charge on any atom is -0.274 e. The number of hydrogen-bond donors (Lipinski definition) is 1. The maximum absolute atomic E-state index is 13.1. The van der Waals surface area contributed by atoms with Crippen LogP contribution in [0.1, 0.15) is 56.2 Å². The van der Waals surface area contributed by atoms with Crippen molar-refractivity contribution in [1.82, 2.24) is 35.0 Å². The second-order valence-electron chi connectivity index (χ2n) is 8.77. The first-order valence-electron chi connectivity index (χ1n) is 11.6. The van der Waals surface area contributed by atoms with Gasteiger partial charge in [-0.1, -0.05) is 75.7 Å². The fourth-order valence-electron chi connectivity index (χ4n) is 3.89. The number of H-pyrrole nitrogens is 1. The van der Waals surface area contributed by atoms with Gasteiger partial charge in [0.25, 0.3) is 5.91 Å². The zero-order valence-corrected chi connectivity index (χ0v) is 19.7. The summed E-state index contributed by atoms with van der Waals surface area (Å²) in [6.07, 6.45) is 2.58. The fraction of sp³-hybridized carbons (Fsp3) is 0.360. The lowest BCUT2D eigenvalue weighted by Gasteiger charge is -2.10. The molecule has 2 heterocycles. The highest BCUT2D eigenvalue weighted by Gasteiger charge is 2.19. The predicted octanol–water partition coefficient (Wildman–Crippen LogP) is 3.97.